The molecule has 0 unspecified atom stereocenters. The lowest BCUT2D eigenvalue weighted by Gasteiger charge is -2.09. The zero-order chi connectivity index (χ0) is 20.2. The number of benzene rings is 2. The number of hydrazone groups is 1. The van der Waals surface area contributed by atoms with Gasteiger partial charge in [0.2, 0.25) is 11.3 Å². The van der Waals surface area contributed by atoms with Crippen molar-refractivity contribution in [2.45, 2.75) is 0 Å². The zero-order valence-corrected chi connectivity index (χ0v) is 15.8. The van der Waals surface area contributed by atoms with Crippen molar-refractivity contribution in [1.82, 2.24) is 20.3 Å². The molecule has 2 heterocycles. The summed E-state index contributed by atoms with van der Waals surface area (Å²) in [6, 6.07) is 12.2. The fourth-order valence-electron chi connectivity index (χ4n) is 2.48. The normalized spacial score (nSPS) is 11.1. The highest BCUT2D eigenvalue weighted by Gasteiger charge is 2.13. The number of ether oxygens (including phenoxy) is 1. The average molecular weight is 412 g/mol. The number of halogens is 1. The molecule has 2 aromatic carbocycles. The van der Waals surface area contributed by atoms with E-state index in [0.717, 1.165) is 0 Å². The molecule has 0 amide bonds. The van der Waals surface area contributed by atoms with Gasteiger partial charge in [0, 0.05) is 16.3 Å². The van der Waals surface area contributed by atoms with Gasteiger partial charge in [-0.15, -0.1) is 0 Å². The van der Waals surface area contributed by atoms with Crippen molar-refractivity contribution in [1.29, 1.82) is 0 Å². The van der Waals surface area contributed by atoms with E-state index in [9.17, 15) is 5.11 Å². The maximum atomic E-state index is 10.1. The van der Waals surface area contributed by atoms with Gasteiger partial charge in [0.15, 0.2) is 23.1 Å². The van der Waals surface area contributed by atoms with E-state index >= 15 is 0 Å². The molecule has 4 rings (SSSR count). The topological polar surface area (TPSA) is 131 Å². The van der Waals surface area contributed by atoms with Crippen LogP contribution in [0.15, 0.2) is 52.2 Å². The number of methoxy groups -OCH3 is 1. The van der Waals surface area contributed by atoms with E-state index in [0.29, 0.717) is 27.8 Å². The minimum Gasteiger partial charge on any atom is -0.504 e. The zero-order valence-electron chi connectivity index (χ0n) is 15.0. The number of nitrogens with zero attached hydrogens (tertiary/aromatic N) is 5. The van der Waals surface area contributed by atoms with E-state index in [2.05, 4.69) is 40.8 Å². The van der Waals surface area contributed by atoms with Crippen LogP contribution in [0.25, 0.3) is 11.3 Å². The minimum atomic E-state index is -0.0277. The second-order valence-corrected chi connectivity index (χ2v) is 6.17. The van der Waals surface area contributed by atoms with Crippen molar-refractivity contribution in [3.8, 4) is 11.5 Å². The van der Waals surface area contributed by atoms with Gasteiger partial charge in [-0.05, 0) is 40.6 Å². The Morgan fingerprint density at radius 2 is 1.86 bits per heavy atom. The Bertz CT molecular complexity index is 1200. The first-order chi connectivity index (χ1) is 14.1. The summed E-state index contributed by atoms with van der Waals surface area (Å²) in [7, 11) is 1.47. The van der Waals surface area contributed by atoms with Crippen LogP contribution in [-0.2, 0) is 0 Å². The van der Waals surface area contributed by atoms with Crippen LogP contribution in [-0.4, -0.2) is 38.7 Å². The van der Waals surface area contributed by atoms with Crippen LogP contribution in [0.1, 0.15) is 5.56 Å². The predicted molar refractivity (Wildman–Crippen MR) is 108 cm³/mol. The maximum absolute atomic E-state index is 10.1. The lowest BCUT2D eigenvalue weighted by Crippen LogP contribution is -2.03. The molecule has 0 aliphatic heterocycles. The highest BCUT2D eigenvalue weighted by atomic mass is 35.5. The van der Waals surface area contributed by atoms with Crippen molar-refractivity contribution >= 4 is 46.4 Å². The van der Waals surface area contributed by atoms with Crippen LogP contribution in [0, 0.1) is 0 Å². The molecular formula is C18H14ClN7O3. The summed E-state index contributed by atoms with van der Waals surface area (Å²) < 4.78 is 9.76. The Kier molecular flexibility index (Phi) is 5.08. The number of anilines is 3. The van der Waals surface area contributed by atoms with E-state index in [1.165, 1.54) is 13.3 Å². The van der Waals surface area contributed by atoms with E-state index in [1.54, 1.807) is 36.4 Å². The lowest BCUT2D eigenvalue weighted by atomic mass is 10.2. The van der Waals surface area contributed by atoms with Gasteiger partial charge in [-0.25, -0.2) is 9.61 Å². The van der Waals surface area contributed by atoms with Crippen LogP contribution in [0.5, 0.6) is 11.5 Å². The summed E-state index contributed by atoms with van der Waals surface area (Å²) in [4.78, 5) is 8.64. The second kappa shape index (κ2) is 7.98. The number of aromatic nitrogens is 4. The van der Waals surface area contributed by atoms with Crippen LogP contribution < -0.4 is 15.5 Å². The molecule has 4 aromatic rings. The standard InChI is InChI=1S/C18H14ClN7O3/c1-28-13-7-2-4-10(14(13)27)9-20-24-16-15(21-12-6-3-5-11(19)8-12)22-17-18(23-16)26-29-25-17/h2-9,27H,1H3,(H,21,22,25)(H,23,24,26)/b20-9+. The van der Waals surface area contributed by atoms with E-state index in [4.69, 9.17) is 16.3 Å². The third-order valence-corrected chi connectivity index (χ3v) is 4.06. The molecule has 10 nitrogen and oxygen atoms in total. The van der Waals surface area contributed by atoms with Gasteiger partial charge >= 0.3 is 0 Å². The average Bonchev–Trinajstić information content (AvgIpc) is 3.16. The third-order valence-electron chi connectivity index (χ3n) is 3.83. The molecule has 2 aromatic heterocycles. The fraction of sp³-hybridized carbons (Fsp3) is 0.0556. The smallest absolute Gasteiger partial charge is 0.245 e. The van der Waals surface area contributed by atoms with Gasteiger partial charge in [0.1, 0.15) is 0 Å². The second-order valence-electron chi connectivity index (χ2n) is 5.74. The summed E-state index contributed by atoms with van der Waals surface area (Å²) in [5, 5.41) is 25.3. The molecule has 29 heavy (non-hydrogen) atoms. The lowest BCUT2D eigenvalue weighted by molar-refractivity contribution is 0.314. The number of nitrogens with one attached hydrogen (secondary N) is 2. The Morgan fingerprint density at radius 3 is 2.62 bits per heavy atom. The molecule has 0 fully saturated rings. The summed E-state index contributed by atoms with van der Waals surface area (Å²) in [6.07, 6.45) is 1.42. The molecular weight excluding hydrogens is 398 g/mol. The Balaban J connectivity index is 1.64. The first kappa shape index (κ1) is 18.4. The molecule has 0 saturated heterocycles. The Hall–Kier alpha value is -3.92. The predicted octanol–water partition coefficient (Wildman–Crippen LogP) is 3.57. The summed E-state index contributed by atoms with van der Waals surface area (Å²) in [5.41, 5.74) is 4.38. The number of phenols is 1. The van der Waals surface area contributed by atoms with Crippen molar-refractivity contribution < 1.29 is 14.5 Å². The van der Waals surface area contributed by atoms with Crippen LogP contribution in [0.3, 0.4) is 0 Å². The van der Waals surface area contributed by atoms with Gasteiger partial charge in [0.25, 0.3) is 0 Å². The van der Waals surface area contributed by atoms with Gasteiger partial charge in [0.05, 0.1) is 13.3 Å². The largest absolute Gasteiger partial charge is 0.504 e. The molecule has 0 spiro atoms. The van der Waals surface area contributed by atoms with Crippen LogP contribution in [0.2, 0.25) is 5.02 Å². The number of aromatic hydroxyl groups is 1. The van der Waals surface area contributed by atoms with E-state index in [1.807, 2.05) is 6.07 Å². The molecule has 0 aliphatic rings. The van der Waals surface area contributed by atoms with Crippen molar-refractivity contribution in [2.24, 2.45) is 5.10 Å². The van der Waals surface area contributed by atoms with Gasteiger partial charge in [-0.3, -0.25) is 5.43 Å². The monoisotopic (exact) mass is 411 g/mol. The number of rotatable bonds is 6. The fourth-order valence-corrected chi connectivity index (χ4v) is 2.67. The Labute approximate surface area is 169 Å². The van der Waals surface area contributed by atoms with Crippen molar-refractivity contribution in [3.63, 3.8) is 0 Å². The van der Waals surface area contributed by atoms with Crippen molar-refractivity contribution in [2.75, 3.05) is 17.9 Å². The molecule has 11 heteroatoms. The molecule has 0 aliphatic carbocycles. The Morgan fingerprint density at radius 1 is 1.10 bits per heavy atom. The van der Waals surface area contributed by atoms with Crippen LogP contribution in [0.4, 0.5) is 17.3 Å². The summed E-state index contributed by atoms with van der Waals surface area (Å²) in [5.74, 6) is 0.918. The molecule has 0 atom stereocenters. The first-order valence-electron chi connectivity index (χ1n) is 8.32. The number of fused-ring (bicyclic) bond motifs is 1. The van der Waals surface area contributed by atoms with E-state index in [-0.39, 0.29) is 22.9 Å². The minimum absolute atomic E-state index is 0.0277. The van der Waals surface area contributed by atoms with Gasteiger partial charge in [-0.1, -0.05) is 23.7 Å². The summed E-state index contributed by atoms with van der Waals surface area (Å²) in [6.45, 7) is 0. The highest BCUT2D eigenvalue weighted by molar-refractivity contribution is 6.30. The van der Waals surface area contributed by atoms with Crippen LogP contribution >= 0.6 is 11.6 Å². The highest BCUT2D eigenvalue weighted by Crippen LogP contribution is 2.28. The number of phenolic OH excluding ortho intramolecular Hbond substituents is 1. The van der Waals surface area contributed by atoms with E-state index < -0.39 is 0 Å². The van der Waals surface area contributed by atoms with Gasteiger partial charge < -0.3 is 15.2 Å². The quantitative estimate of drug-likeness (QED) is 0.322. The first-order valence-corrected chi connectivity index (χ1v) is 8.70. The molecule has 0 saturated carbocycles. The molecule has 146 valence electrons. The summed E-state index contributed by atoms with van der Waals surface area (Å²) >= 11 is 6.03. The number of para-hydroxylation sites is 1. The van der Waals surface area contributed by atoms with Crippen molar-refractivity contribution in [3.05, 3.63) is 53.1 Å². The molecule has 3 N–H and O–H groups in total. The third kappa shape index (κ3) is 4.01. The van der Waals surface area contributed by atoms with Gasteiger partial charge in [-0.2, -0.15) is 10.1 Å². The molecule has 0 bridgehead atoms. The maximum Gasteiger partial charge on any atom is 0.245 e. The SMILES string of the molecule is COc1cccc(/C=N/Nc2nc3nonc3nc2Nc2cccc(Cl)c2)c1O. The number of hydrogen-bond donors (Lipinski definition) is 3. The molecule has 0 radical (unpaired) electrons. The number of hydrogen-bond acceptors (Lipinski definition) is 10.